The van der Waals surface area contributed by atoms with Crippen LogP contribution in [0.2, 0.25) is 0 Å². The van der Waals surface area contributed by atoms with Gasteiger partial charge in [0.05, 0.1) is 12.2 Å². The molecule has 0 fully saturated rings. The molecule has 0 heterocycles. The Hall–Kier alpha value is -0.600. The van der Waals surface area contributed by atoms with Gasteiger partial charge in [0, 0.05) is 0 Å². The van der Waals surface area contributed by atoms with Crippen LogP contribution in [0.25, 0.3) is 0 Å². The van der Waals surface area contributed by atoms with Gasteiger partial charge in [-0.05, 0) is 0 Å². The summed E-state index contributed by atoms with van der Waals surface area (Å²) in [5.41, 5.74) is 0. The van der Waals surface area contributed by atoms with Gasteiger partial charge in [-0.2, -0.15) is 0 Å². The summed E-state index contributed by atoms with van der Waals surface area (Å²) in [7, 11) is 0. The van der Waals surface area contributed by atoms with E-state index in [-0.39, 0.29) is 0 Å². The Morgan fingerprint density at radius 2 is 1.00 bits per heavy atom. The fraction of sp³-hybridized carbons (Fsp3) is 0.333. The zero-order chi connectivity index (χ0) is 5.98. The average Bonchev–Trinajstić information content (AvgIpc) is 1.77. The lowest BCUT2D eigenvalue weighted by Gasteiger charge is -2.05. The normalized spacial score (nSPS) is 35.8. The molecule has 0 aliphatic heterocycles. The van der Waals surface area contributed by atoms with E-state index in [1.807, 2.05) is 0 Å². The van der Waals surface area contributed by atoms with Crippen molar-refractivity contribution in [3.8, 4) is 0 Å². The number of aliphatic hydroxyl groups is 2. The lowest BCUT2D eigenvalue weighted by molar-refractivity contribution is 0.240. The Kier molecular flexibility index (Phi) is 1.46. The lowest BCUT2D eigenvalue weighted by Crippen LogP contribution is -2.08. The monoisotopic (exact) mass is 112 g/mol. The van der Waals surface area contributed by atoms with Gasteiger partial charge in [0.15, 0.2) is 0 Å². The summed E-state index contributed by atoms with van der Waals surface area (Å²) < 4.78 is 0. The van der Waals surface area contributed by atoms with E-state index in [4.69, 9.17) is 10.2 Å². The number of hydrogen-bond acceptors (Lipinski definition) is 2. The zero-order valence-electron chi connectivity index (χ0n) is 4.36. The van der Waals surface area contributed by atoms with Crippen molar-refractivity contribution in [1.29, 1.82) is 0 Å². The van der Waals surface area contributed by atoms with Crippen molar-refractivity contribution >= 4 is 0 Å². The van der Waals surface area contributed by atoms with Crippen molar-refractivity contribution in [2.45, 2.75) is 12.2 Å². The summed E-state index contributed by atoms with van der Waals surface area (Å²) in [6.07, 6.45) is 5.18. The minimum absolute atomic E-state index is 0.501. The Morgan fingerprint density at radius 3 is 1.25 bits per heavy atom. The zero-order valence-corrected chi connectivity index (χ0v) is 4.36. The maximum atomic E-state index is 8.74. The lowest BCUT2D eigenvalue weighted by atomic mass is 10.1. The molecular formula is C6H8O2. The van der Waals surface area contributed by atoms with Crippen LogP contribution in [0.5, 0.6) is 0 Å². The van der Waals surface area contributed by atoms with Gasteiger partial charge in [0.2, 0.25) is 0 Å². The van der Waals surface area contributed by atoms with Crippen LogP contribution in [0.4, 0.5) is 0 Å². The van der Waals surface area contributed by atoms with Gasteiger partial charge < -0.3 is 10.2 Å². The van der Waals surface area contributed by atoms with Crippen molar-refractivity contribution in [3.05, 3.63) is 24.3 Å². The largest absolute Gasteiger partial charge is 0.385 e. The molecule has 2 heteroatoms. The quantitative estimate of drug-likeness (QED) is 0.427. The van der Waals surface area contributed by atoms with Crippen molar-refractivity contribution in [1.82, 2.24) is 0 Å². The molecule has 0 radical (unpaired) electrons. The van der Waals surface area contributed by atoms with E-state index in [1.165, 1.54) is 0 Å². The van der Waals surface area contributed by atoms with E-state index < -0.39 is 12.2 Å². The first-order valence-electron chi connectivity index (χ1n) is 2.52. The highest BCUT2D eigenvalue weighted by atomic mass is 16.3. The van der Waals surface area contributed by atoms with Gasteiger partial charge in [0.1, 0.15) is 0 Å². The molecule has 44 valence electrons. The molecule has 0 aromatic carbocycles. The highest BCUT2D eigenvalue weighted by Crippen LogP contribution is 2.00. The number of hydrogen-bond donors (Lipinski definition) is 2. The van der Waals surface area contributed by atoms with Gasteiger partial charge in [0.25, 0.3) is 0 Å². The molecule has 0 unspecified atom stereocenters. The minimum atomic E-state index is -0.501. The molecule has 0 amide bonds. The van der Waals surface area contributed by atoms with Gasteiger partial charge in [-0.1, -0.05) is 24.3 Å². The maximum Gasteiger partial charge on any atom is 0.0904 e. The summed E-state index contributed by atoms with van der Waals surface area (Å²) >= 11 is 0. The van der Waals surface area contributed by atoms with Crippen LogP contribution in [0.15, 0.2) is 24.3 Å². The molecular weight excluding hydrogens is 104 g/mol. The van der Waals surface area contributed by atoms with Gasteiger partial charge in [-0.25, -0.2) is 0 Å². The first-order chi connectivity index (χ1) is 3.79. The summed E-state index contributed by atoms with van der Waals surface area (Å²) in [5.74, 6) is 0. The second-order valence-electron chi connectivity index (χ2n) is 1.75. The Morgan fingerprint density at radius 1 is 0.750 bits per heavy atom. The molecule has 1 aliphatic rings. The minimum Gasteiger partial charge on any atom is -0.385 e. The molecule has 2 N–H and O–H groups in total. The first-order valence-corrected chi connectivity index (χ1v) is 2.52. The van der Waals surface area contributed by atoms with Crippen LogP contribution in [-0.2, 0) is 0 Å². The second-order valence-corrected chi connectivity index (χ2v) is 1.75. The Bertz CT molecular complexity index is 98.5. The summed E-state index contributed by atoms with van der Waals surface area (Å²) in [4.78, 5) is 0. The van der Waals surface area contributed by atoms with Crippen LogP contribution in [0.3, 0.4) is 0 Å². The summed E-state index contributed by atoms with van der Waals surface area (Å²) in [6.45, 7) is 0. The standard InChI is InChI=1S/C6H8O2/c7-5-1-2-6(8)4-3-5/h1-8H. The predicted octanol–water partition coefficient (Wildman–Crippen LogP) is -0.166. The van der Waals surface area contributed by atoms with Crippen LogP contribution in [0.1, 0.15) is 0 Å². The van der Waals surface area contributed by atoms with Crippen molar-refractivity contribution < 1.29 is 10.2 Å². The maximum absolute atomic E-state index is 8.74. The third-order valence-corrected chi connectivity index (χ3v) is 1.01. The fourth-order valence-corrected chi connectivity index (χ4v) is 0.584. The second kappa shape index (κ2) is 2.11. The summed E-state index contributed by atoms with van der Waals surface area (Å²) in [6, 6.07) is 0. The van der Waals surface area contributed by atoms with Crippen molar-refractivity contribution in [2.24, 2.45) is 0 Å². The highest BCUT2D eigenvalue weighted by molar-refractivity contribution is 5.14. The van der Waals surface area contributed by atoms with E-state index in [0.717, 1.165) is 0 Å². The van der Waals surface area contributed by atoms with E-state index in [1.54, 1.807) is 24.3 Å². The van der Waals surface area contributed by atoms with Gasteiger partial charge in [-0.15, -0.1) is 0 Å². The van der Waals surface area contributed by atoms with Crippen LogP contribution >= 0.6 is 0 Å². The van der Waals surface area contributed by atoms with E-state index in [2.05, 4.69) is 0 Å². The molecule has 0 aromatic rings. The Labute approximate surface area is 47.8 Å². The Balaban J connectivity index is 2.54. The molecule has 0 atom stereocenters. The molecule has 8 heavy (non-hydrogen) atoms. The molecule has 1 aliphatic carbocycles. The van der Waals surface area contributed by atoms with Gasteiger partial charge in [-0.3, -0.25) is 0 Å². The van der Waals surface area contributed by atoms with E-state index in [0.29, 0.717) is 0 Å². The topological polar surface area (TPSA) is 40.5 Å². The van der Waals surface area contributed by atoms with Crippen LogP contribution in [0, 0.1) is 0 Å². The average molecular weight is 112 g/mol. The SMILES string of the molecule is OC1C=CC(O)C=C1. The predicted molar refractivity (Wildman–Crippen MR) is 30.3 cm³/mol. The molecule has 0 saturated heterocycles. The smallest absolute Gasteiger partial charge is 0.0904 e. The molecule has 1 rings (SSSR count). The first kappa shape index (κ1) is 5.54. The third-order valence-electron chi connectivity index (χ3n) is 1.01. The van der Waals surface area contributed by atoms with Crippen LogP contribution in [-0.4, -0.2) is 22.4 Å². The highest BCUT2D eigenvalue weighted by Gasteiger charge is 2.00. The van der Waals surface area contributed by atoms with E-state index >= 15 is 0 Å². The fourth-order valence-electron chi connectivity index (χ4n) is 0.584. The molecule has 0 bridgehead atoms. The third kappa shape index (κ3) is 1.18. The number of aliphatic hydroxyl groups excluding tert-OH is 2. The molecule has 2 nitrogen and oxygen atoms in total. The molecule has 0 spiro atoms. The van der Waals surface area contributed by atoms with Crippen molar-refractivity contribution in [3.63, 3.8) is 0 Å². The molecule has 0 saturated carbocycles. The van der Waals surface area contributed by atoms with Crippen molar-refractivity contribution in [2.75, 3.05) is 0 Å². The van der Waals surface area contributed by atoms with Gasteiger partial charge >= 0.3 is 0 Å². The number of rotatable bonds is 0. The van der Waals surface area contributed by atoms with E-state index in [9.17, 15) is 0 Å². The molecule has 0 aromatic heterocycles. The summed E-state index contributed by atoms with van der Waals surface area (Å²) in [5, 5.41) is 17.5. The van der Waals surface area contributed by atoms with Crippen LogP contribution < -0.4 is 0 Å².